The van der Waals surface area contributed by atoms with E-state index in [9.17, 15) is 9.59 Å². The number of hydrogen-bond acceptors (Lipinski definition) is 5. The van der Waals surface area contributed by atoms with Crippen LogP contribution in [0.15, 0.2) is 48.7 Å². The van der Waals surface area contributed by atoms with E-state index in [0.29, 0.717) is 36.0 Å². The number of nitrogens with one attached hydrogen (secondary N) is 1. The molecule has 0 bridgehead atoms. The molecule has 1 aliphatic heterocycles. The van der Waals surface area contributed by atoms with Gasteiger partial charge in [-0.05, 0) is 32.0 Å². The van der Waals surface area contributed by atoms with E-state index in [1.165, 1.54) is 0 Å². The zero-order chi connectivity index (χ0) is 20.4. The Labute approximate surface area is 168 Å². The molecule has 29 heavy (non-hydrogen) atoms. The Morgan fingerprint density at radius 2 is 1.90 bits per heavy atom. The van der Waals surface area contributed by atoms with Crippen LogP contribution >= 0.6 is 0 Å². The number of rotatable bonds is 5. The average Bonchev–Trinajstić information content (AvgIpc) is 3.12. The Morgan fingerprint density at radius 3 is 2.69 bits per heavy atom. The van der Waals surface area contributed by atoms with Gasteiger partial charge in [-0.25, -0.2) is 4.79 Å². The number of aromatic nitrogens is 1. The van der Waals surface area contributed by atoms with Gasteiger partial charge in [0.25, 0.3) is 5.91 Å². The van der Waals surface area contributed by atoms with E-state index in [2.05, 4.69) is 5.32 Å². The highest BCUT2D eigenvalue weighted by molar-refractivity contribution is 6.05. The fraction of sp³-hybridized carbons (Fsp3) is 0.273. The highest BCUT2D eigenvalue weighted by Gasteiger charge is 2.22. The summed E-state index contributed by atoms with van der Waals surface area (Å²) in [6.45, 7) is 5.24. The minimum Gasteiger partial charge on any atom is -0.486 e. The molecule has 0 fully saturated rings. The molecule has 0 aliphatic carbocycles. The van der Waals surface area contributed by atoms with Gasteiger partial charge in [0, 0.05) is 35.4 Å². The minimum atomic E-state index is -0.959. The standard InChI is InChI=1S/C22H22N2O5/c1-3-24-13-17(16-6-4-5-7-18(16)24)22(26)29-14(2)21(25)23-15-8-9-19-20(12-15)28-11-10-27-19/h4-9,12-14H,3,10-11H2,1-2H3,(H,23,25). The summed E-state index contributed by atoms with van der Waals surface area (Å²) in [6, 6.07) is 12.8. The fourth-order valence-electron chi connectivity index (χ4n) is 3.31. The third-order valence-corrected chi connectivity index (χ3v) is 4.81. The monoisotopic (exact) mass is 394 g/mol. The number of amides is 1. The fourth-order valence-corrected chi connectivity index (χ4v) is 3.31. The summed E-state index contributed by atoms with van der Waals surface area (Å²) in [6.07, 6.45) is 0.803. The van der Waals surface area contributed by atoms with Crippen molar-refractivity contribution >= 4 is 28.5 Å². The van der Waals surface area contributed by atoms with Gasteiger partial charge in [-0.2, -0.15) is 0 Å². The van der Waals surface area contributed by atoms with E-state index in [1.807, 2.05) is 35.8 Å². The molecule has 3 aromatic rings. The van der Waals surface area contributed by atoms with Gasteiger partial charge < -0.3 is 24.1 Å². The number of para-hydroxylation sites is 1. The third-order valence-electron chi connectivity index (χ3n) is 4.81. The molecule has 1 aliphatic rings. The van der Waals surface area contributed by atoms with Crippen molar-refractivity contribution in [2.45, 2.75) is 26.5 Å². The van der Waals surface area contributed by atoms with Crippen molar-refractivity contribution in [1.29, 1.82) is 0 Å². The maximum Gasteiger partial charge on any atom is 0.341 e. The van der Waals surface area contributed by atoms with Gasteiger partial charge in [-0.3, -0.25) is 4.79 Å². The molecule has 0 spiro atoms. The van der Waals surface area contributed by atoms with Gasteiger partial charge in [0.2, 0.25) is 0 Å². The van der Waals surface area contributed by atoms with E-state index in [-0.39, 0.29) is 0 Å². The number of hydrogen-bond donors (Lipinski definition) is 1. The van der Waals surface area contributed by atoms with Gasteiger partial charge >= 0.3 is 5.97 Å². The lowest BCUT2D eigenvalue weighted by atomic mass is 10.2. The Balaban J connectivity index is 1.46. The summed E-state index contributed by atoms with van der Waals surface area (Å²) in [5.74, 6) is 0.264. The molecular weight excluding hydrogens is 372 g/mol. The van der Waals surface area contributed by atoms with Crippen LogP contribution in [0.1, 0.15) is 24.2 Å². The zero-order valence-electron chi connectivity index (χ0n) is 16.3. The van der Waals surface area contributed by atoms with Crippen molar-refractivity contribution in [3.05, 3.63) is 54.2 Å². The lowest BCUT2D eigenvalue weighted by Gasteiger charge is -2.19. The molecule has 0 saturated carbocycles. The van der Waals surface area contributed by atoms with Crippen molar-refractivity contribution in [2.75, 3.05) is 18.5 Å². The number of fused-ring (bicyclic) bond motifs is 2. The minimum absolute atomic E-state index is 0.422. The maximum absolute atomic E-state index is 12.7. The maximum atomic E-state index is 12.7. The molecule has 2 heterocycles. The summed E-state index contributed by atoms with van der Waals surface area (Å²) in [5.41, 5.74) is 1.95. The van der Waals surface area contributed by atoms with E-state index in [0.717, 1.165) is 17.4 Å². The first-order valence-electron chi connectivity index (χ1n) is 9.56. The van der Waals surface area contributed by atoms with Crippen LogP contribution in [0.3, 0.4) is 0 Å². The summed E-state index contributed by atoms with van der Waals surface area (Å²) in [7, 11) is 0. The molecule has 150 valence electrons. The van der Waals surface area contributed by atoms with Crippen LogP contribution in [0.4, 0.5) is 5.69 Å². The first kappa shape index (κ1) is 18.9. The molecule has 1 unspecified atom stereocenters. The largest absolute Gasteiger partial charge is 0.486 e. The number of ether oxygens (including phenoxy) is 3. The number of benzene rings is 2. The Morgan fingerprint density at radius 1 is 1.14 bits per heavy atom. The topological polar surface area (TPSA) is 78.8 Å². The number of anilines is 1. The van der Waals surface area contributed by atoms with Crippen molar-refractivity contribution in [3.63, 3.8) is 0 Å². The number of esters is 1. The second kappa shape index (κ2) is 7.87. The van der Waals surface area contributed by atoms with Crippen molar-refractivity contribution in [2.24, 2.45) is 0 Å². The van der Waals surface area contributed by atoms with Crippen LogP contribution in [0, 0.1) is 0 Å². The lowest BCUT2D eigenvalue weighted by Crippen LogP contribution is -2.30. The molecular formula is C22H22N2O5. The number of carbonyl (C=O) groups is 2. The van der Waals surface area contributed by atoms with Gasteiger partial charge in [-0.15, -0.1) is 0 Å². The van der Waals surface area contributed by atoms with Gasteiger partial charge in [0.05, 0.1) is 5.56 Å². The molecule has 4 rings (SSSR count). The summed E-state index contributed by atoms with van der Waals surface area (Å²) >= 11 is 0. The molecule has 0 radical (unpaired) electrons. The van der Waals surface area contributed by atoms with E-state index in [4.69, 9.17) is 14.2 Å². The van der Waals surface area contributed by atoms with Crippen molar-refractivity contribution < 1.29 is 23.8 Å². The molecule has 7 nitrogen and oxygen atoms in total. The molecule has 1 N–H and O–H groups in total. The third kappa shape index (κ3) is 3.76. The normalized spacial score (nSPS) is 13.7. The van der Waals surface area contributed by atoms with Gasteiger partial charge in [0.15, 0.2) is 17.6 Å². The van der Waals surface area contributed by atoms with Crippen LogP contribution in [0.5, 0.6) is 11.5 Å². The van der Waals surface area contributed by atoms with Crippen LogP contribution in [-0.2, 0) is 16.1 Å². The van der Waals surface area contributed by atoms with Crippen molar-refractivity contribution in [3.8, 4) is 11.5 Å². The molecule has 7 heteroatoms. The Bertz CT molecular complexity index is 1070. The smallest absolute Gasteiger partial charge is 0.341 e. The van der Waals surface area contributed by atoms with Crippen molar-refractivity contribution in [1.82, 2.24) is 4.57 Å². The lowest BCUT2D eigenvalue weighted by molar-refractivity contribution is -0.123. The second-order valence-electron chi connectivity index (χ2n) is 6.74. The van der Waals surface area contributed by atoms with E-state index < -0.39 is 18.0 Å². The molecule has 1 atom stereocenters. The molecule has 1 amide bonds. The van der Waals surface area contributed by atoms with Gasteiger partial charge in [-0.1, -0.05) is 18.2 Å². The first-order chi connectivity index (χ1) is 14.1. The summed E-state index contributed by atoms with van der Waals surface area (Å²) in [4.78, 5) is 25.2. The van der Waals surface area contributed by atoms with Gasteiger partial charge in [0.1, 0.15) is 13.2 Å². The Hall–Kier alpha value is -3.48. The Kier molecular flexibility index (Phi) is 5.12. The average molecular weight is 394 g/mol. The molecule has 2 aromatic carbocycles. The number of nitrogens with zero attached hydrogens (tertiary/aromatic N) is 1. The van der Waals surface area contributed by atoms with Crippen LogP contribution in [0.2, 0.25) is 0 Å². The quantitative estimate of drug-likeness (QED) is 0.669. The summed E-state index contributed by atoms with van der Waals surface area (Å²) in [5, 5.41) is 3.55. The van der Waals surface area contributed by atoms with Crippen LogP contribution in [0.25, 0.3) is 10.9 Å². The second-order valence-corrected chi connectivity index (χ2v) is 6.74. The number of carbonyl (C=O) groups excluding carboxylic acids is 2. The zero-order valence-corrected chi connectivity index (χ0v) is 16.3. The predicted molar refractivity (Wildman–Crippen MR) is 109 cm³/mol. The SMILES string of the molecule is CCn1cc(C(=O)OC(C)C(=O)Nc2ccc3c(c2)OCCO3)c2ccccc21. The first-order valence-corrected chi connectivity index (χ1v) is 9.56. The molecule has 1 aromatic heterocycles. The highest BCUT2D eigenvalue weighted by Crippen LogP contribution is 2.32. The highest BCUT2D eigenvalue weighted by atomic mass is 16.6. The van der Waals surface area contributed by atoms with Crippen LogP contribution in [-0.4, -0.2) is 35.8 Å². The number of aryl methyl sites for hydroxylation is 1. The molecule has 0 saturated heterocycles. The van der Waals surface area contributed by atoms with E-state index >= 15 is 0 Å². The van der Waals surface area contributed by atoms with Crippen LogP contribution < -0.4 is 14.8 Å². The van der Waals surface area contributed by atoms with E-state index in [1.54, 1.807) is 31.3 Å². The predicted octanol–water partition coefficient (Wildman–Crippen LogP) is 3.62. The summed E-state index contributed by atoms with van der Waals surface area (Å²) < 4.78 is 18.4.